The lowest BCUT2D eigenvalue weighted by atomic mass is 10.0. The number of rotatable bonds is 11. The molecule has 0 radical (unpaired) electrons. The van der Waals surface area contributed by atoms with Crippen LogP contribution in [0.5, 0.6) is 0 Å². The summed E-state index contributed by atoms with van der Waals surface area (Å²) in [6.45, 7) is 18.4. The smallest absolute Gasteiger partial charge is 0.148 e. The first-order valence-electron chi connectivity index (χ1n) is 11.8. The Labute approximate surface area is 183 Å². The van der Waals surface area contributed by atoms with Gasteiger partial charge in [0.05, 0.1) is 17.1 Å². The molecule has 166 valence electrons. The lowest BCUT2D eigenvalue weighted by Crippen LogP contribution is -2.20. The second kappa shape index (κ2) is 11.3. The number of aryl methyl sites for hydroxylation is 2. The van der Waals surface area contributed by atoms with Gasteiger partial charge in [-0.05, 0) is 49.7 Å². The number of hydrogen-bond acceptors (Lipinski definition) is 5. The first-order chi connectivity index (χ1) is 14.3. The number of pyridine rings is 1. The summed E-state index contributed by atoms with van der Waals surface area (Å²) >= 11 is 0. The van der Waals surface area contributed by atoms with Crippen LogP contribution in [-0.2, 0) is 12.8 Å². The Kier molecular flexibility index (Phi) is 9.07. The number of anilines is 2. The van der Waals surface area contributed by atoms with Gasteiger partial charge in [0.2, 0.25) is 0 Å². The van der Waals surface area contributed by atoms with Gasteiger partial charge in [0.25, 0.3) is 0 Å². The molecular formula is C25H41N5. The molecule has 2 N–H and O–H groups in total. The van der Waals surface area contributed by atoms with E-state index >= 15 is 0 Å². The normalized spacial score (nSPS) is 11.6. The Bertz CT molecular complexity index is 809. The van der Waals surface area contributed by atoms with Crippen LogP contribution in [0.25, 0.3) is 11.3 Å². The zero-order valence-corrected chi connectivity index (χ0v) is 20.3. The van der Waals surface area contributed by atoms with E-state index in [4.69, 9.17) is 15.0 Å². The Morgan fingerprint density at radius 1 is 0.800 bits per heavy atom. The summed E-state index contributed by atoms with van der Waals surface area (Å²) in [5.41, 5.74) is 5.15. The van der Waals surface area contributed by atoms with Crippen LogP contribution in [0.4, 0.5) is 11.6 Å². The Hall–Kier alpha value is -2.17. The molecule has 5 heteroatoms. The van der Waals surface area contributed by atoms with E-state index in [1.54, 1.807) is 0 Å². The zero-order valence-electron chi connectivity index (χ0n) is 20.3. The van der Waals surface area contributed by atoms with Gasteiger partial charge in [-0.15, -0.1) is 0 Å². The molecule has 0 aliphatic heterocycles. The van der Waals surface area contributed by atoms with Crippen molar-refractivity contribution in [2.45, 2.75) is 93.0 Å². The van der Waals surface area contributed by atoms with Crippen LogP contribution in [0.15, 0.2) is 12.1 Å². The number of hydrogen-bond donors (Lipinski definition) is 2. The molecule has 0 unspecified atom stereocenters. The van der Waals surface area contributed by atoms with Crippen LogP contribution in [-0.4, -0.2) is 27.5 Å². The molecule has 5 nitrogen and oxygen atoms in total. The van der Waals surface area contributed by atoms with Gasteiger partial charge in [0.1, 0.15) is 11.6 Å². The van der Waals surface area contributed by atoms with Crippen molar-refractivity contribution in [2.24, 2.45) is 5.92 Å². The van der Waals surface area contributed by atoms with Crippen LogP contribution in [0.2, 0.25) is 0 Å². The van der Waals surface area contributed by atoms with Crippen molar-refractivity contribution in [3.63, 3.8) is 0 Å². The van der Waals surface area contributed by atoms with E-state index in [0.29, 0.717) is 17.9 Å². The minimum absolute atomic E-state index is 0.383. The molecule has 0 bridgehead atoms. The highest BCUT2D eigenvalue weighted by Crippen LogP contribution is 2.31. The van der Waals surface area contributed by atoms with E-state index in [1.165, 1.54) is 0 Å². The van der Waals surface area contributed by atoms with E-state index in [-0.39, 0.29) is 0 Å². The first kappa shape index (κ1) is 24.1. The molecule has 0 aliphatic rings. The highest BCUT2D eigenvalue weighted by Gasteiger charge is 2.19. The van der Waals surface area contributed by atoms with Crippen molar-refractivity contribution in [3.05, 3.63) is 29.2 Å². The van der Waals surface area contributed by atoms with Crippen LogP contribution < -0.4 is 10.6 Å². The van der Waals surface area contributed by atoms with Gasteiger partial charge >= 0.3 is 0 Å². The Balaban J connectivity index is 2.58. The highest BCUT2D eigenvalue weighted by atomic mass is 15.1. The van der Waals surface area contributed by atoms with Crippen LogP contribution >= 0.6 is 0 Å². The van der Waals surface area contributed by atoms with Gasteiger partial charge in [-0.2, -0.15) is 0 Å². The highest BCUT2D eigenvalue weighted by molar-refractivity contribution is 5.75. The van der Waals surface area contributed by atoms with Gasteiger partial charge in [-0.3, -0.25) is 0 Å². The average Bonchev–Trinajstić information content (AvgIpc) is 2.75. The van der Waals surface area contributed by atoms with Crippen molar-refractivity contribution in [1.82, 2.24) is 15.0 Å². The molecule has 0 atom stereocenters. The van der Waals surface area contributed by atoms with Crippen molar-refractivity contribution in [2.75, 3.05) is 17.2 Å². The van der Waals surface area contributed by atoms with Gasteiger partial charge in [-0.1, -0.05) is 55.4 Å². The fourth-order valence-corrected chi connectivity index (χ4v) is 3.44. The molecular weight excluding hydrogens is 370 g/mol. The maximum absolute atomic E-state index is 5.11. The van der Waals surface area contributed by atoms with Gasteiger partial charge in [0, 0.05) is 23.8 Å². The molecule has 0 saturated heterocycles. The van der Waals surface area contributed by atoms with Crippen LogP contribution in [0, 0.1) is 5.92 Å². The third-order valence-corrected chi connectivity index (χ3v) is 5.48. The van der Waals surface area contributed by atoms with Gasteiger partial charge in [0.15, 0.2) is 0 Å². The van der Waals surface area contributed by atoms with Gasteiger partial charge < -0.3 is 10.6 Å². The SMILES string of the molecule is CCc1nc(-c2ccc(C(C)C)nc2NCC(C)C)c(CC)nc1NC(CC)CC. The largest absolute Gasteiger partial charge is 0.369 e. The van der Waals surface area contributed by atoms with Crippen molar-refractivity contribution < 1.29 is 0 Å². The minimum Gasteiger partial charge on any atom is -0.369 e. The molecule has 0 spiro atoms. The quantitative estimate of drug-likeness (QED) is 0.444. The van der Waals surface area contributed by atoms with E-state index in [2.05, 4.69) is 78.2 Å². The van der Waals surface area contributed by atoms with Crippen molar-refractivity contribution >= 4 is 11.6 Å². The summed E-state index contributed by atoms with van der Waals surface area (Å²) in [5, 5.41) is 7.19. The number of aromatic nitrogens is 3. The molecule has 2 aromatic heterocycles. The third kappa shape index (κ3) is 5.93. The molecule has 0 aromatic carbocycles. The lowest BCUT2D eigenvalue weighted by Gasteiger charge is -2.21. The zero-order chi connectivity index (χ0) is 22.3. The summed E-state index contributed by atoms with van der Waals surface area (Å²) < 4.78 is 0. The molecule has 2 aromatic rings. The minimum atomic E-state index is 0.383. The summed E-state index contributed by atoms with van der Waals surface area (Å²) in [5.74, 6) is 2.78. The fourth-order valence-electron chi connectivity index (χ4n) is 3.44. The topological polar surface area (TPSA) is 62.7 Å². The molecule has 0 fully saturated rings. The molecule has 0 aliphatic carbocycles. The summed E-state index contributed by atoms with van der Waals surface area (Å²) in [7, 11) is 0. The first-order valence-corrected chi connectivity index (χ1v) is 11.8. The fraction of sp³-hybridized carbons (Fsp3) is 0.640. The number of nitrogens with one attached hydrogen (secondary N) is 2. The summed E-state index contributed by atoms with van der Waals surface area (Å²) in [4.78, 5) is 15.1. The van der Waals surface area contributed by atoms with Crippen molar-refractivity contribution in [1.29, 1.82) is 0 Å². The predicted octanol–water partition coefficient (Wildman–Crippen LogP) is 6.46. The number of nitrogens with zero attached hydrogens (tertiary/aromatic N) is 3. The van der Waals surface area contributed by atoms with Crippen molar-refractivity contribution in [3.8, 4) is 11.3 Å². The van der Waals surface area contributed by atoms with E-state index in [1.807, 2.05) is 0 Å². The standard InChI is InChI=1S/C25H41N5/c1-9-18(10-2)27-25-21(12-4)28-23(20(11-3)29-25)19-13-14-22(17(7)8)30-24(19)26-15-16(5)6/h13-14,16-18H,9-12,15H2,1-8H3,(H,26,30)(H,27,29). The molecule has 0 amide bonds. The Morgan fingerprint density at radius 2 is 1.47 bits per heavy atom. The predicted molar refractivity (Wildman–Crippen MR) is 129 cm³/mol. The second-order valence-electron chi connectivity index (χ2n) is 8.74. The molecule has 30 heavy (non-hydrogen) atoms. The third-order valence-electron chi connectivity index (χ3n) is 5.48. The van der Waals surface area contributed by atoms with E-state index < -0.39 is 0 Å². The van der Waals surface area contributed by atoms with Crippen LogP contribution in [0.1, 0.15) is 91.2 Å². The second-order valence-corrected chi connectivity index (χ2v) is 8.74. The molecule has 0 saturated carbocycles. The average molecular weight is 412 g/mol. The van der Waals surface area contributed by atoms with Gasteiger partial charge in [-0.25, -0.2) is 15.0 Å². The molecule has 2 heterocycles. The van der Waals surface area contributed by atoms with Crippen LogP contribution in [0.3, 0.4) is 0 Å². The maximum atomic E-state index is 5.11. The Morgan fingerprint density at radius 3 is 2.00 bits per heavy atom. The monoisotopic (exact) mass is 411 g/mol. The maximum Gasteiger partial charge on any atom is 0.148 e. The molecule has 2 rings (SSSR count). The van der Waals surface area contributed by atoms with E-state index in [0.717, 1.165) is 72.2 Å². The lowest BCUT2D eigenvalue weighted by molar-refractivity contribution is 0.665. The van der Waals surface area contributed by atoms with E-state index in [9.17, 15) is 0 Å². The summed E-state index contributed by atoms with van der Waals surface area (Å²) in [6.07, 6.45) is 3.83. The summed E-state index contributed by atoms with van der Waals surface area (Å²) in [6, 6.07) is 4.72.